The molecule has 0 fully saturated rings. The number of rotatable bonds is 9. The van der Waals surface area contributed by atoms with Gasteiger partial charge in [0.1, 0.15) is 23.4 Å². The predicted octanol–water partition coefficient (Wildman–Crippen LogP) is 5.50. The normalized spacial score (nSPS) is 13.7. The fourth-order valence-corrected chi connectivity index (χ4v) is 4.16. The molecular weight excluding hydrogens is 494 g/mol. The van der Waals surface area contributed by atoms with Gasteiger partial charge < -0.3 is 25.4 Å². The van der Waals surface area contributed by atoms with Crippen molar-refractivity contribution in [2.24, 2.45) is 0 Å². The number of ether oxygens (including phenoxy) is 1. The molecule has 8 heteroatoms. The van der Waals surface area contributed by atoms with Crippen molar-refractivity contribution in [3.05, 3.63) is 65.7 Å². The van der Waals surface area contributed by atoms with Gasteiger partial charge in [-0.2, -0.15) is 0 Å². The van der Waals surface area contributed by atoms with Crippen LogP contribution in [-0.2, 0) is 20.7 Å². The molecule has 39 heavy (non-hydrogen) atoms. The molecule has 3 amide bonds. The summed E-state index contributed by atoms with van der Waals surface area (Å²) in [6.07, 6.45) is 0.00333. The van der Waals surface area contributed by atoms with Gasteiger partial charge in [0.25, 0.3) is 0 Å². The first kappa shape index (κ1) is 31.7. The Bertz CT molecular complexity index is 1130. The Kier molecular flexibility index (Phi) is 10.2. The first-order valence-corrected chi connectivity index (χ1v) is 13.4. The molecule has 0 aliphatic rings. The maximum atomic E-state index is 14.5. The van der Waals surface area contributed by atoms with Crippen molar-refractivity contribution >= 4 is 17.9 Å². The highest BCUT2D eigenvalue weighted by Crippen LogP contribution is 2.34. The van der Waals surface area contributed by atoms with Crippen LogP contribution >= 0.6 is 0 Å². The summed E-state index contributed by atoms with van der Waals surface area (Å²) in [7, 11) is 0. The number of carbonyl (C=O) groups is 3. The van der Waals surface area contributed by atoms with Crippen LogP contribution in [0.2, 0.25) is 0 Å². The summed E-state index contributed by atoms with van der Waals surface area (Å²) in [5, 5.41) is 16.1. The molecule has 3 N–H and O–H groups in total. The van der Waals surface area contributed by atoms with E-state index in [4.69, 9.17) is 4.74 Å². The van der Waals surface area contributed by atoms with Gasteiger partial charge >= 0.3 is 6.09 Å². The molecule has 0 spiro atoms. The minimum absolute atomic E-state index is 0.0181. The van der Waals surface area contributed by atoms with Crippen LogP contribution in [-0.4, -0.2) is 50.6 Å². The van der Waals surface area contributed by atoms with E-state index in [1.54, 1.807) is 32.9 Å². The maximum Gasteiger partial charge on any atom is 0.408 e. The zero-order valence-corrected chi connectivity index (χ0v) is 24.8. The Morgan fingerprint density at radius 1 is 0.923 bits per heavy atom. The quantitative estimate of drug-likeness (QED) is 0.390. The molecule has 0 radical (unpaired) electrons. The first-order chi connectivity index (χ1) is 17.9. The van der Waals surface area contributed by atoms with Crippen LogP contribution in [0.25, 0.3) is 0 Å². The zero-order chi connectivity index (χ0) is 29.6. The molecule has 8 nitrogen and oxygen atoms in total. The highest BCUT2D eigenvalue weighted by atomic mass is 16.6. The van der Waals surface area contributed by atoms with Gasteiger partial charge in [-0.1, -0.05) is 49.4 Å². The second kappa shape index (κ2) is 12.5. The highest BCUT2D eigenvalue weighted by Gasteiger charge is 2.43. The smallest absolute Gasteiger partial charge is 0.408 e. The van der Waals surface area contributed by atoms with Crippen LogP contribution in [0.15, 0.2) is 54.6 Å². The average molecular weight is 540 g/mol. The predicted molar refractivity (Wildman–Crippen MR) is 153 cm³/mol. The molecule has 214 valence electrons. The van der Waals surface area contributed by atoms with Crippen LogP contribution in [0.4, 0.5) is 4.79 Å². The maximum absolute atomic E-state index is 14.5. The van der Waals surface area contributed by atoms with Crippen LogP contribution in [0, 0.1) is 0 Å². The van der Waals surface area contributed by atoms with E-state index >= 15 is 0 Å². The molecule has 0 aliphatic heterocycles. The molecule has 2 unspecified atom stereocenters. The van der Waals surface area contributed by atoms with Crippen LogP contribution in [0.5, 0.6) is 5.75 Å². The van der Waals surface area contributed by atoms with Gasteiger partial charge in [-0.05, 0) is 85.1 Å². The summed E-state index contributed by atoms with van der Waals surface area (Å²) >= 11 is 0. The average Bonchev–Trinajstić information content (AvgIpc) is 2.79. The van der Waals surface area contributed by atoms with Crippen LogP contribution in [0.1, 0.15) is 85.9 Å². The van der Waals surface area contributed by atoms with Gasteiger partial charge in [0.15, 0.2) is 0 Å². The van der Waals surface area contributed by atoms with E-state index in [9.17, 15) is 19.5 Å². The molecule has 0 aliphatic carbocycles. The van der Waals surface area contributed by atoms with E-state index in [1.807, 2.05) is 71.9 Å². The van der Waals surface area contributed by atoms with E-state index in [-0.39, 0.29) is 12.2 Å². The van der Waals surface area contributed by atoms with Gasteiger partial charge in [0.2, 0.25) is 11.8 Å². The standard InChI is InChI=1S/C31H45N3O5/c1-10-31(8,9)34(25(26(36)33-29(2,3)4)22-17-14-18-23(35)20-22)27(37)24(19-21-15-12-11-13-16-21)32-28(38)39-30(5,6)7/h11-18,20,24-25,35H,10,19H2,1-9H3,(H,32,38)(H,33,36). The molecule has 0 aromatic heterocycles. The number of benzene rings is 2. The van der Waals surface area contributed by atoms with Gasteiger partial charge in [-0.25, -0.2) is 4.79 Å². The number of phenols is 1. The third-order valence-electron chi connectivity index (χ3n) is 6.22. The Morgan fingerprint density at radius 3 is 2.05 bits per heavy atom. The number of amides is 3. The molecule has 2 aromatic carbocycles. The van der Waals surface area contributed by atoms with Crippen molar-refractivity contribution in [1.82, 2.24) is 15.5 Å². The molecule has 2 rings (SSSR count). The van der Waals surface area contributed by atoms with E-state index in [0.717, 1.165) is 5.56 Å². The van der Waals surface area contributed by atoms with Crippen molar-refractivity contribution in [1.29, 1.82) is 0 Å². The highest BCUT2D eigenvalue weighted by molar-refractivity contribution is 5.93. The lowest BCUT2D eigenvalue weighted by Crippen LogP contribution is -2.60. The Labute approximate surface area is 233 Å². The molecule has 0 bridgehead atoms. The van der Waals surface area contributed by atoms with Crippen molar-refractivity contribution in [3.8, 4) is 5.75 Å². The number of carbonyl (C=O) groups excluding carboxylic acids is 3. The van der Waals surface area contributed by atoms with Crippen molar-refractivity contribution in [2.75, 3.05) is 0 Å². The fourth-order valence-electron chi connectivity index (χ4n) is 4.16. The Morgan fingerprint density at radius 2 is 1.54 bits per heavy atom. The molecule has 2 aromatic rings. The number of hydrogen-bond acceptors (Lipinski definition) is 5. The number of nitrogens with one attached hydrogen (secondary N) is 2. The number of phenolic OH excluding ortho intramolecular Hbond substituents is 1. The van der Waals surface area contributed by atoms with Crippen molar-refractivity contribution in [2.45, 2.75) is 104 Å². The Hall–Kier alpha value is -3.55. The zero-order valence-electron chi connectivity index (χ0n) is 24.8. The summed E-state index contributed by atoms with van der Waals surface area (Å²) in [5.41, 5.74) is -0.831. The lowest BCUT2D eigenvalue weighted by Gasteiger charge is -2.45. The minimum atomic E-state index is -1.07. The van der Waals surface area contributed by atoms with Gasteiger partial charge in [-0.3, -0.25) is 9.59 Å². The van der Waals surface area contributed by atoms with E-state index < -0.39 is 46.7 Å². The third-order valence-corrected chi connectivity index (χ3v) is 6.22. The largest absolute Gasteiger partial charge is 0.508 e. The van der Waals surface area contributed by atoms with Crippen molar-refractivity contribution < 1.29 is 24.2 Å². The van der Waals surface area contributed by atoms with Gasteiger partial charge in [0, 0.05) is 17.5 Å². The Balaban J connectivity index is 2.67. The monoisotopic (exact) mass is 539 g/mol. The summed E-state index contributed by atoms with van der Waals surface area (Å²) in [5.74, 6) is -0.844. The molecule has 0 heterocycles. The van der Waals surface area contributed by atoms with Crippen LogP contribution in [0.3, 0.4) is 0 Å². The summed E-state index contributed by atoms with van der Waals surface area (Å²) in [6, 6.07) is 13.6. The number of aromatic hydroxyl groups is 1. The summed E-state index contributed by atoms with van der Waals surface area (Å²) in [6.45, 7) is 16.6. The second-order valence-electron chi connectivity index (χ2n) is 12.5. The van der Waals surface area contributed by atoms with E-state index in [2.05, 4.69) is 10.6 Å². The van der Waals surface area contributed by atoms with Crippen LogP contribution < -0.4 is 10.6 Å². The number of nitrogens with zero attached hydrogens (tertiary/aromatic N) is 1. The number of hydrogen-bond donors (Lipinski definition) is 3. The second-order valence-corrected chi connectivity index (χ2v) is 12.5. The fraction of sp³-hybridized carbons (Fsp3) is 0.516. The summed E-state index contributed by atoms with van der Waals surface area (Å²) < 4.78 is 5.49. The number of alkyl carbamates (subject to hydrolysis) is 1. The van der Waals surface area contributed by atoms with Gasteiger partial charge in [-0.15, -0.1) is 0 Å². The topological polar surface area (TPSA) is 108 Å². The van der Waals surface area contributed by atoms with E-state index in [1.165, 1.54) is 17.0 Å². The third kappa shape index (κ3) is 9.61. The molecule has 0 saturated carbocycles. The SMILES string of the molecule is CCC(C)(C)N(C(=O)C(Cc1ccccc1)NC(=O)OC(C)(C)C)C(C(=O)NC(C)(C)C)c1cccc(O)c1. The minimum Gasteiger partial charge on any atom is -0.508 e. The molecular formula is C31H45N3O5. The molecule has 0 saturated heterocycles. The van der Waals surface area contributed by atoms with E-state index in [0.29, 0.717) is 12.0 Å². The first-order valence-electron chi connectivity index (χ1n) is 13.4. The summed E-state index contributed by atoms with van der Waals surface area (Å²) in [4.78, 5) is 42.8. The van der Waals surface area contributed by atoms with Crippen molar-refractivity contribution in [3.63, 3.8) is 0 Å². The lowest BCUT2D eigenvalue weighted by molar-refractivity contribution is -0.149. The lowest BCUT2D eigenvalue weighted by atomic mass is 9.90. The molecule has 2 atom stereocenters. The van der Waals surface area contributed by atoms with Gasteiger partial charge in [0.05, 0.1) is 0 Å².